The van der Waals surface area contributed by atoms with Crippen LogP contribution in [0.2, 0.25) is 0 Å². The van der Waals surface area contributed by atoms with E-state index in [0.29, 0.717) is 0 Å². The van der Waals surface area contributed by atoms with Crippen molar-refractivity contribution in [3.8, 4) is 11.3 Å². The van der Waals surface area contributed by atoms with Gasteiger partial charge in [-0.05, 0) is 23.6 Å². The Morgan fingerprint density at radius 1 is 0.842 bits per heavy atom. The minimum absolute atomic E-state index is 1.05. The van der Waals surface area contributed by atoms with Crippen molar-refractivity contribution < 1.29 is 0 Å². The normalized spacial score (nSPS) is 10.1. The van der Waals surface area contributed by atoms with Gasteiger partial charge in [0.1, 0.15) is 0 Å². The van der Waals surface area contributed by atoms with Gasteiger partial charge >= 0.3 is 0 Å². The highest BCUT2D eigenvalue weighted by Crippen LogP contribution is 2.30. The summed E-state index contributed by atoms with van der Waals surface area (Å²) in [5.74, 6) is 0. The molecule has 2 aromatic carbocycles. The summed E-state index contributed by atoms with van der Waals surface area (Å²) in [6.07, 6.45) is 1.05. The number of nitrogens with one attached hydrogen (secondary N) is 1. The molecule has 1 heterocycles. The lowest BCUT2D eigenvalue weighted by molar-refractivity contribution is 1.16. The van der Waals surface area contributed by atoms with E-state index >= 15 is 0 Å². The number of aryl methyl sites for hydroxylation is 1. The summed E-state index contributed by atoms with van der Waals surface area (Å²) in [5, 5.41) is 1.34. The Hall–Kier alpha value is -2.02. The van der Waals surface area contributed by atoms with Crippen LogP contribution in [0.25, 0.3) is 22.2 Å². The number of hydrogen-bond donors (Lipinski definition) is 1. The molecule has 0 saturated heterocycles. The molecule has 1 nitrogen and oxygen atoms in total. The van der Waals surface area contributed by atoms with Crippen LogP contribution in [0.1, 0.15) is 26.3 Å². The second kappa shape index (κ2) is 6.24. The lowest BCUT2D eigenvalue weighted by atomic mass is 10.0. The van der Waals surface area contributed by atoms with Gasteiger partial charge in [0.2, 0.25) is 0 Å². The minimum atomic E-state index is 1.05. The van der Waals surface area contributed by atoms with Crippen LogP contribution >= 0.6 is 0 Å². The lowest BCUT2D eigenvalue weighted by Crippen LogP contribution is -1.83. The van der Waals surface area contributed by atoms with Gasteiger partial charge in [-0.2, -0.15) is 0 Å². The molecule has 0 bridgehead atoms. The first-order valence-corrected chi connectivity index (χ1v) is 7.05. The standard InChI is InChI=1S/C16H15N.C2H6/c1-2-13-14-10-6-7-11-15(14)17-16(13)12-8-4-3-5-9-12;1-2/h3-11,17H,2H2,1H3;1-2H3. The number of aromatic nitrogens is 1. The number of benzene rings is 2. The third kappa shape index (κ3) is 2.55. The molecule has 3 rings (SSSR count). The van der Waals surface area contributed by atoms with E-state index < -0.39 is 0 Å². The van der Waals surface area contributed by atoms with Gasteiger partial charge in [-0.1, -0.05) is 69.3 Å². The summed E-state index contributed by atoms with van der Waals surface area (Å²) in [5.41, 5.74) is 5.16. The maximum absolute atomic E-state index is 3.53. The smallest absolute Gasteiger partial charge is 0.0497 e. The van der Waals surface area contributed by atoms with E-state index in [1.165, 1.54) is 27.7 Å². The van der Waals surface area contributed by atoms with E-state index in [1.54, 1.807) is 0 Å². The molecule has 0 atom stereocenters. The summed E-state index contributed by atoms with van der Waals surface area (Å²) in [4.78, 5) is 3.53. The zero-order valence-corrected chi connectivity index (χ0v) is 11.9. The predicted molar refractivity (Wildman–Crippen MR) is 84.5 cm³/mol. The fourth-order valence-electron chi connectivity index (χ4n) is 2.42. The summed E-state index contributed by atoms with van der Waals surface area (Å²) < 4.78 is 0. The van der Waals surface area contributed by atoms with E-state index in [2.05, 4.69) is 66.5 Å². The van der Waals surface area contributed by atoms with Crippen molar-refractivity contribution in [2.24, 2.45) is 0 Å². The summed E-state index contributed by atoms with van der Waals surface area (Å²) >= 11 is 0. The van der Waals surface area contributed by atoms with Gasteiger partial charge in [0.05, 0.1) is 0 Å². The highest BCUT2D eigenvalue weighted by Gasteiger charge is 2.10. The average Bonchev–Trinajstić information content (AvgIpc) is 2.88. The van der Waals surface area contributed by atoms with Gasteiger partial charge < -0.3 is 4.98 Å². The third-order valence-electron chi connectivity index (χ3n) is 3.23. The summed E-state index contributed by atoms with van der Waals surface area (Å²) in [6, 6.07) is 19.0. The molecule has 0 aliphatic heterocycles. The van der Waals surface area contributed by atoms with Crippen molar-refractivity contribution in [3.63, 3.8) is 0 Å². The minimum Gasteiger partial charge on any atom is -0.354 e. The van der Waals surface area contributed by atoms with Gasteiger partial charge in [-0.25, -0.2) is 0 Å². The third-order valence-corrected chi connectivity index (χ3v) is 3.23. The number of rotatable bonds is 2. The quantitative estimate of drug-likeness (QED) is 0.625. The van der Waals surface area contributed by atoms with Crippen molar-refractivity contribution in [2.75, 3.05) is 0 Å². The largest absolute Gasteiger partial charge is 0.354 e. The van der Waals surface area contributed by atoms with Crippen LogP contribution in [0, 0.1) is 0 Å². The van der Waals surface area contributed by atoms with Gasteiger partial charge in [-0.3, -0.25) is 0 Å². The Kier molecular flexibility index (Phi) is 4.40. The van der Waals surface area contributed by atoms with Crippen LogP contribution in [-0.4, -0.2) is 4.98 Å². The van der Waals surface area contributed by atoms with Crippen molar-refractivity contribution in [2.45, 2.75) is 27.2 Å². The first-order valence-electron chi connectivity index (χ1n) is 7.05. The Labute approximate surface area is 115 Å². The lowest BCUT2D eigenvalue weighted by Gasteiger charge is -2.01. The molecule has 1 aromatic heterocycles. The Morgan fingerprint density at radius 3 is 2.16 bits per heavy atom. The molecule has 19 heavy (non-hydrogen) atoms. The van der Waals surface area contributed by atoms with Crippen molar-refractivity contribution in [1.82, 2.24) is 4.98 Å². The average molecular weight is 251 g/mol. The first kappa shape index (κ1) is 13.4. The number of aromatic amines is 1. The van der Waals surface area contributed by atoms with E-state index in [4.69, 9.17) is 0 Å². The van der Waals surface area contributed by atoms with Crippen molar-refractivity contribution in [1.29, 1.82) is 0 Å². The van der Waals surface area contributed by atoms with Crippen LogP contribution in [0.3, 0.4) is 0 Å². The first-order chi connectivity index (χ1) is 9.40. The summed E-state index contributed by atoms with van der Waals surface area (Å²) in [7, 11) is 0. The Balaban J connectivity index is 0.000000637. The van der Waals surface area contributed by atoms with Crippen LogP contribution in [0.5, 0.6) is 0 Å². The highest BCUT2D eigenvalue weighted by molar-refractivity contribution is 5.90. The van der Waals surface area contributed by atoms with Crippen LogP contribution in [0.4, 0.5) is 0 Å². The second-order valence-corrected chi connectivity index (χ2v) is 4.24. The molecule has 0 radical (unpaired) electrons. The molecule has 3 aromatic rings. The van der Waals surface area contributed by atoms with E-state index in [9.17, 15) is 0 Å². The van der Waals surface area contributed by atoms with Gasteiger partial charge in [-0.15, -0.1) is 0 Å². The van der Waals surface area contributed by atoms with Crippen molar-refractivity contribution >= 4 is 10.9 Å². The SMILES string of the molecule is CC.CCc1c(-c2ccccc2)[nH]c2ccccc12. The molecule has 1 N–H and O–H groups in total. The Morgan fingerprint density at radius 2 is 1.47 bits per heavy atom. The number of para-hydroxylation sites is 1. The van der Waals surface area contributed by atoms with Crippen LogP contribution in [-0.2, 0) is 6.42 Å². The van der Waals surface area contributed by atoms with E-state index in [1.807, 2.05) is 13.8 Å². The number of fused-ring (bicyclic) bond motifs is 1. The molecular formula is C18H21N. The molecule has 0 amide bonds. The zero-order valence-electron chi connectivity index (χ0n) is 11.9. The fraction of sp³-hybridized carbons (Fsp3) is 0.222. The maximum Gasteiger partial charge on any atom is 0.0497 e. The predicted octanol–water partition coefficient (Wildman–Crippen LogP) is 5.42. The topological polar surface area (TPSA) is 15.8 Å². The molecular weight excluding hydrogens is 230 g/mol. The zero-order chi connectivity index (χ0) is 13.7. The number of hydrogen-bond acceptors (Lipinski definition) is 0. The second-order valence-electron chi connectivity index (χ2n) is 4.24. The number of H-pyrrole nitrogens is 1. The van der Waals surface area contributed by atoms with Gasteiger partial charge in [0, 0.05) is 16.6 Å². The molecule has 0 saturated carbocycles. The maximum atomic E-state index is 3.53. The molecule has 0 aliphatic carbocycles. The Bertz CT molecular complexity index is 635. The molecule has 0 spiro atoms. The summed E-state index contributed by atoms with van der Waals surface area (Å²) in [6.45, 7) is 6.21. The van der Waals surface area contributed by atoms with Crippen LogP contribution < -0.4 is 0 Å². The molecule has 98 valence electrons. The van der Waals surface area contributed by atoms with E-state index in [-0.39, 0.29) is 0 Å². The van der Waals surface area contributed by atoms with Crippen molar-refractivity contribution in [3.05, 3.63) is 60.2 Å². The molecule has 0 unspecified atom stereocenters. The monoisotopic (exact) mass is 251 g/mol. The van der Waals surface area contributed by atoms with Crippen LogP contribution in [0.15, 0.2) is 54.6 Å². The van der Waals surface area contributed by atoms with Gasteiger partial charge in [0.25, 0.3) is 0 Å². The molecule has 0 aliphatic rings. The fourth-order valence-corrected chi connectivity index (χ4v) is 2.42. The molecule has 1 heteroatoms. The van der Waals surface area contributed by atoms with Gasteiger partial charge in [0.15, 0.2) is 0 Å². The molecule has 0 fully saturated rings. The highest BCUT2D eigenvalue weighted by atomic mass is 14.7. The van der Waals surface area contributed by atoms with E-state index in [0.717, 1.165) is 6.42 Å².